The first-order valence-electron chi connectivity index (χ1n) is 5.71. The van der Waals surface area contributed by atoms with E-state index in [0.29, 0.717) is 17.2 Å². The quantitative estimate of drug-likeness (QED) is 0.818. The first-order chi connectivity index (χ1) is 8.97. The van der Waals surface area contributed by atoms with E-state index in [1.807, 2.05) is 0 Å². The Bertz CT molecular complexity index is 538. The summed E-state index contributed by atoms with van der Waals surface area (Å²) in [5.41, 5.74) is 0.458. The SMILES string of the molecule is CC(=O)C(Oc1ccc2c(c1)NC(=O)CO2)C(C)=O. The molecule has 0 saturated carbocycles. The number of anilines is 1. The number of ether oxygens (including phenoxy) is 2. The van der Waals surface area contributed by atoms with Gasteiger partial charge in [0.25, 0.3) is 5.91 Å². The summed E-state index contributed by atoms with van der Waals surface area (Å²) in [6.45, 7) is 2.54. The van der Waals surface area contributed by atoms with E-state index in [9.17, 15) is 14.4 Å². The second-order valence-corrected chi connectivity index (χ2v) is 4.21. The predicted molar refractivity (Wildman–Crippen MR) is 66.3 cm³/mol. The molecule has 0 fully saturated rings. The van der Waals surface area contributed by atoms with Crippen LogP contribution >= 0.6 is 0 Å². The lowest BCUT2D eigenvalue weighted by molar-refractivity contribution is -0.134. The third-order valence-corrected chi connectivity index (χ3v) is 2.58. The molecule has 6 nitrogen and oxygen atoms in total. The third kappa shape index (κ3) is 2.90. The minimum absolute atomic E-state index is 0.0310. The fourth-order valence-electron chi connectivity index (χ4n) is 1.72. The zero-order valence-corrected chi connectivity index (χ0v) is 10.6. The number of carbonyl (C=O) groups is 3. The number of nitrogens with one attached hydrogen (secondary N) is 1. The second-order valence-electron chi connectivity index (χ2n) is 4.21. The van der Waals surface area contributed by atoms with Crippen LogP contribution in [0.25, 0.3) is 0 Å². The van der Waals surface area contributed by atoms with Crippen LogP contribution in [0.15, 0.2) is 18.2 Å². The number of rotatable bonds is 4. The summed E-state index contributed by atoms with van der Waals surface area (Å²) in [5.74, 6) is -0.163. The Balaban J connectivity index is 2.22. The van der Waals surface area contributed by atoms with E-state index in [0.717, 1.165) is 0 Å². The summed E-state index contributed by atoms with van der Waals surface area (Å²) in [5, 5.41) is 2.62. The molecule has 1 N–H and O–H groups in total. The Labute approximate surface area is 109 Å². The summed E-state index contributed by atoms with van der Waals surface area (Å²) >= 11 is 0. The summed E-state index contributed by atoms with van der Waals surface area (Å²) in [7, 11) is 0. The molecule has 0 bridgehead atoms. The first-order valence-corrected chi connectivity index (χ1v) is 5.71. The Kier molecular flexibility index (Phi) is 3.50. The molecule has 0 spiro atoms. The van der Waals surface area contributed by atoms with Gasteiger partial charge in [0, 0.05) is 6.07 Å². The van der Waals surface area contributed by atoms with Gasteiger partial charge < -0.3 is 14.8 Å². The molecule has 1 aliphatic rings. The van der Waals surface area contributed by atoms with Crippen LogP contribution in [-0.2, 0) is 14.4 Å². The maximum Gasteiger partial charge on any atom is 0.262 e. The van der Waals surface area contributed by atoms with Crippen LogP contribution in [-0.4, -0.2) is 30.2 Å². The largest absolute Gasteiger partial charge is 0.482 e. The summed E-state index contributed by atoms with van der Waals surface area (Å²) in [6, 6.07) is 4.71. The summed E-state index contributed by atoms with van der Waals surface area (Å²) < 4.78 is 10.5. The fourth-order valence-corrected chi connectivity index (χ4v) is 1.72. The molecule has 6 heteroatoms. The lowest BCUT2D eigenvalue weighted by Gasteiger charge is -2.19. The number of benzene rings is 1. The third-order valence-electron chi connectivity index (χ3n) is 2.58. The average Bonchev–Trinajstić information content (AvgIpc) is 2.34. The van der Waals surface area contributed by atoms with Crippen molar-refractivity contribution in [1.82, 2.24) is 0 Å². The highest BCUT2D eigenvalue weighted by Gasteiger charge is 2.23. The molecular weight excluding hydrogens is 250 g/mol. The molecular formula is C13H13NO5. The van der Waals surface area contributed by atoms with E-state index in [-0.39, 0.29) is 24.1 Å². The van der Waals surface area contributed by atoms with Crippen LogP contribution < -0.4 is 14.8 Å². The van der Waals surface area contributed by atoms with Gasteiger partial charge in [0.1, 0.15) is 11.5 Å². The number of hydrogen-bond acceptors (Lipinski definition) is 5. The normalized spacial score (nSPS) is 13.3. The standard InChI is InChI=1S/C13H13NO5/c1-7(15)13(8(2)16)19-9-3-4-11-10(5-9)14-12(17)6-18-11/h3-5,13H,6H2,1-2H3,(H,14,17). The van der Waals surface area contributed by atoms with Gasteiger partial charge >= 0.3 is 0 Å². The molecule has 1 heterocycles. The van der Waals surface area contributed by atoms with Crippen LogP contribution in [0.3, 0.4) is 0 Å². The smallest absolute Gasteiger partial charge is 0.262 e. The van der Waals surface area contributed by atoms with Gasteiger partial charge in [-0.05, 0) is 26.0 Å². The van der Waals surface area contributed by atoms with Crippen molar-refractivity contribution in [3.63, 3.8) is 0 Å². The van der Waals surface area contributed by atoms with Crippen molar-refractivity contribution in [2.75, 3.05) is 11.9 Å². The average molecular weight is 263 g/mol. The van der Waals surface area contributed by atoms with Crippen molar-refractivity contribution in [3.8, 4) is 11.5 Å². The Morgan fingerprint density at radius 2 is 2.00 bits per heavy atom. The van der Waals surface area contributed by atoms with Gasteiger partial charge in [-0.2, -0.15) is 0 Å². The highest BCUT2D eigenvalue weighted by atomic mass is 16.5. The molecule has 0 saturated heterocycles. The van der Waals surface area contributed by atoms with E-state index in [2.05, 4.69) is 5.32 Å². The molecule has 2 rings (SSSR count). The van der Waals surface area contributed by atoms with Crippen molar-refractivity contribution >= 4 is 23.2 Å². The minimum atomic E-state index is -1.13. The molecule has 100 valence electrons. The van der Waals surface area contributed by atoms with Crippen LogP contribution in [0.2, 0.25) is 0 Å². The van der Waals surface area contributed by atoms with E-state index in [1.165, 1.54) is 19.9 Å². The lowest BCUT2D eigenvalue weighted by atomic mass is 10.2. The topological polar surface area (TPSA) is 81.7 Å². The number of ketones is 2. The molecule has 1 aromatic carbocycles. The predicted octanol–water partition coefficient (Wildman–Crippen LogP) is 0.943. The van der Waals surface area contributed by atoms with Gasteiger partial charge in [-0.15, -0.1) is 0 Å². The lowest BCUT2D eigenvalue weighted by Crippen LogP contribution is -2.32. The molecule has 0 radical (unpaired) electrons. The van der Waals surface area contributed by atoms with E-state index in [1.54, 1.807) is 12.1 Å². The van der Waals surface area contributed by atoms with Crippen LogP contribution in [0, 0.1) is 0 Å². The van der Waals surface area contributed by atoms with Gasteiger partial charge in [-0.25, -0.2) is 0 Å². The van der Waals surface area contributed by atoms with E-state index >= 15 is 0 Å². The summed E-state index contributed by atoms with van der Waals surface area (Å²) in [4.78, 5) is 33.8. The Hall–Kier alpha value is -2.37. The molecule has 1 amide bonds. The second kappa shape index (κ2) is 5.09. The Morgan fingerprint density at radius 1 is 1.32 bits per heavy atom. The van der Waals surface area contributed by atoms with Crippen molar-refractivity contribution in [3.05, 3.63) is 18.2 Å². The number of fused-ring (bicyclic) bond motifs is 1. The number of amides is 1. The first kappa shape index (κ1) is 13.1. The molecule has 19 heavy (non-hydrogen) atoms. The van der Waals surface area contributed by atoms with Gasteiger partial charge in [0.15, 0.2) is 18.2 Å². The minimum Gasteiger partial charge on any atom is -0.482 e. The number of hydrogen-bond donors (Lipinski definition) is 1. The van der Waals surface area contributed by atoms with Crippen molar-refractivity contribution in [2.45, 2.75) is 20.0 Å². The number of Topliss-reactive ketones (excluding diaryl/α,β-unsaturated/α-hetero) is 2. The van der Waals surface area contributed by atoms with E-state index < -0.39 is 6.10 Å². The van der Waals surface area contributed by atoms with Crippen molar-refractivity contribution < 1.29 is 23.9 Å². The molecule has 0 unspecified atom stereocenters. The van der Waals surface area contributed by atoms with Crippen LogP contribution in [0.4, 0.5) is 5.69 Å². The maximum atomic E-state index is 11.3. The fraction of sp³-hybridized carbons (Fsp3) is 0.308. The van der Waals surface area contributed by atoms with Gasteiger partial charge in [0.2, 0.25) is 6.10 Å². The van der Waals surface area contributed by atoms with E-state index in [4.69, 9.17) is 9.47 Å². The highest BCUT2D eigenvalue weighted by Crippen LogP contribution is 2.31. The van der Waals surface area contributed by atoms with Gasteiger partial charge in [-0.1, -0.05) is 0 Å². The van der Waals surface area contributed by atoms with Gasteiger partial charge in [-0.3, -0.25) is 14.4 Å². The maximum absolute atomic E-state index is 11.3. The highest BCUT2D eigenvalue weighted by molar-refractivity contribution is 6.03. The number of carbonyl (C=O) groups excluding carboxylic acids is 3. The molecule has 0 aliphatic carbocycles. The summed E-state index contributed by atoms with van der Waals surface area (Å²) in [6.07, 6.45) is -1.13. The van der Waals surface area contributed by atoms with Gasteiger partial charge in [0.05, 0.1) is 5.69 Å². The van der Waals surface area contributed by atoms with Crippen molar-refractivity contribution in [1.29, 1.82) is 0 Å². The van der Waals surface area contributed by atoms with Crippen LogP contribution in [0.1, 0.15) is 13.8 Å². The molecule has 1 aromatic rings. The zero-order chi connectivity index (χ0) is 14.0. The monoisotopic (exact) mass is 263 g/mol. The zero-order valence-electron chi connectivity index (χ0n) is 10.6. The van der Waals surface area contributed by atoms with Crippen LogP contribution in [0.5, 0.6) is 11.5 Å². The molecule has 0 atom stereocenters. The molecule has 1 aliphatic heterocycles. The Morgan fingerprint density at radius 3 is 2.63 bits per heavy atom. The van der Waals surface area contributed by atoms with Crippen molar-refractivity contribution in [2.24, 2.45) is 0 Å². The molecule has 0 aromatic heterocycles.